The van der Waals surface area contributed by atoms with Crippen LogP contribution in [0.3, 0.4) is 0 Å². The summed E-state index contributed by atoms with van der Waals surface area (Å²) < 4.78 is 0. The lowest BCUT2D eigenvalue weighted by Gasteiger charge is -1.59. The van der Waals surface area contributed by atoms with Crippen LogP contribution in [0.25, 0.3) is 0 Å². The number of carbonyl (C=O) groups is 2. The van der Waals surface area contributed by atoms with E-state index in [9.17, 15) is 0 Å². The second kappa shape index (κ2) is 15.7. The van der Waals surface area contributed by atoms with E-state index in [0.29, 0.717) is 0 Å². The smallest absolute Gasteiger partial charge is 0.300 e. The summed E-state index contributed by atoms with van der Waals surface area (Å²) in [5.74, 6) is -1.67. The maximum absolute atomic E-state index is 9.00. The number of hydrogen-bond acceptors (Lipinski definition) is 3. The van der Waals surface area contributed by atoms with Crippen molar-refractivity contribution in [2.45, 2.75) is 13.8 Å². The summed E-state index contributed by atoms with van der Waals surface area (Å²) in [4.78, 5) is 18.0. The maximum atomic E-state index is 9.00. The number of carboxylic acid groups (broad SMARTS) is 2. The second-order valence-corrected chi connectivity index (χ2v) is 1.04. The molecule has 0 heterocycles. The molecule has 0 radical (unpaired) electrons. The molecule has 0 aromatic carbocycles. The molecular formula is C5H12O5. The lowest BCUT2D eigenvalue weighted by atomic mass is 10.9. The zero-order valence-electron chi connectivity index (χ0n) is 6.16. The highest BCUT2D eigenvalue weighted by atomic mass is 16.4. The summed E-state index contributed by atoms with van der Waals surface area (Å²) in [6.07, 6.45) is 0. The Hall–Kier alpha value is -1.10. The van der Waals surface area contributed by atoms with Crippen LogP contribution in [0.15, 0.2) is 0 Å². The summed E-state index contributed by atoms with van der Waals surface area (Å²) in [6, 6.07) is 0. The Morgan fingerprint density at radius 3 is 0.900 bits per heavy atom. The van der Waals surface area contributed by atoms with Crippen LogP contribution in [0.1, 0.15) is 13.8 Å². The zero-order valence-corrected chi connectivity index (χ0v) is 6.16. The Kier molecular flexibility index (Phi) is 25.0. The van der Waals surface area contributed by atoms with Gasteiger partial charge in [-0.1, -0.05) is 0 Å². The summed E-state index contributed by atoms with van der Waals surface area (Å²) in [5, 5.41) is 21.8. The lowest BCUT2D eigenvalue weighted by Crippen LogP contribution is -1.78. The first-order chi connectivity index (χ1) is 4.46. The zero-order chi connectivity index (χ0) is 9.15. The molecule has 0 amide bonds. The van der Waals surface area contributed by atoms with Crippen molar-refractivity contribution in [3.8, 4) is 0 Å². The quantitative estimate of drug-likeness (QED) is 0.446. The highest BCUT2D eigenvalue weighted by Crippen LogP contribution is 1.42. The molecule has 0 rings (SSSR count). The fourth-order valence-corrected chi connectivity index (χ4v) is 0. The first kappa shape index (κ1) is 16.0. The van der Waals surface area contributed by atoms with Crippen LogP contribution >= 0.6 is 0 Å². The third-order valence-corrected chi connectivity index (χ3v) is 0. The van der Waals surface area contributed by atoms with Gasteiger partial charge in [-0.2, -0.15) is 0 Å². The molecule has 3 N–H and O–H groups in total. The number of aliphatic hydroxyl groups is 1. The van der Waals surface area contributed by atoms with Crippen molar-refractivity contribution < 1.29 is 24.9 Å². The predicted molar refractivity (Wildman–Crippen MR) is 34.8 cm³/mol. The van der Waals surface area contributed by atoms with Gasteiger partial charge in [0, 0.05) is 21.0 Å². The largest absolute Gasteiger partial charge is 0.481 e. The van der Waals surface area contributed by atoms with E-state index >= 15 is 0 Å². The number of aliphatic carboxylic acids is 2. The van der Waals surface area contributed by atoms with E-state index in [-0.39, 0.29) is 0 Å². The maximum Gasteiger partial charge on any atom is 0.300 e. The average Bonchev–Trinajstić information content (AvgIpc) is 1.66. The minimum atomic E-state index is -0.833. The molecule has 0 aromatic heterocycles. The minimum absolute atomic E-state index is 0.833. The molecule has 5 heteroatoms. The van der Waals surface area contributed by atoms with E-state index in [0.717, 1.165) is 21.0 Å². The Morgan fingerprint density at radius 2 is 0.900 bits per heavy atom. The van der Waals surface area contributed by atoms with E-state index < -0.39 is 11.9 Å². The normalized spacial score (nSPS) is 5.60. The molecule has 0 aliphatic carbocycles. The number of rotatable bonds is 0. The Morgan fingerprint density at radius 1 is 0.900 bits per heavy atom. The van der Waals surface area contributed by atoms with Gasteiger partial charge < -0.3 is 15.3 Å². The van der Waals surface area contributed by atoms with Gasteiger partial charge in [0.15, 0.2) is 0 Å². The van der Waals surface area contributed by atoms with Gasteiger partial charge in [0.2, 0.25) is 0 Å². The Balaban J connectivity index is -0.0000000787. The van der Waals surface area contributed by atoms with Gasteiger partial charge in [0.05, 0.1) is 0 Å². The minimum Gasteiger partial charge on any atom is -0.481 e. The third kappa shape index (κ3) is 199. The van der Waals surface area contributed by atoms with Crippen molar-refractivity contribution >= 4 is 11.9 Å². The van der Waals surface area contributed by atoms with Crippen LogP contribution in [0.5, 0.6) is 0 Å². The fraction of sp³-hybridized carbons (Fsp3) is 0.600. The number of aliphatic hydroxyl groups excluding tert-OH is 1. The van der Waals surface area contributed by atoms with Gasteiger partial charge in [-0.15, -0.1) is 0 Å². The van der Waals surface area contributed by atoms with E-state index in [1.165, 1.54) is 0 Å². The van der Waals surface area contributed by atoms with Crippen molar-refractivity contribution in [1.29, 1.82) is 0 Å². The van der Waals surface area contributed by atoms with Crippen LogP contribution in [0, 0.1) is 0 Å². The summed E-state index contributed by atoms with van der Waals surface area (Å²) in [7, 11) is 1.00. The Bertz CT molecular complexity index is 68.0. The lowest BCUT2D eigenvalue weighted by molar-refractivity contribution is -0.135. The van der Waals surface area contributed by atoms with Crippen molar-refractivity contribution in [2.24, 2.45) is 0 Å². The van der Waals surface area contributed by atoms with Crippen LogP contribution in [-0.4, -0.2) is 34.4 Å². The standard InChI is InChI=1S/2C2H4O2.CH4O/c2*1-2(3)4;1-2/h2*1H3,(H,3,4);2H,1H3. The number of hydrogen-bond donors (Lipinski definition) is 3. The van der Waals surface area contributed by atoms with E-state index in [4.69, 9.17) is 24.9 Å². The molecule has 0 aromatic rings. The molecule has 0 atom stereocenters. The molecule has 0 bridgehead atoms. The second-order valence-electron chi connectivity index (χ2n) is 1.04. The van der Waals surface area contributed by atoms with Crippen LogP contribution in [0.4, 0.5) is 0 Å². The molecule has 0 saturated heterocycles. The molecule has 0 unspecified atom stereocenters. The van der Waals surface area contributed by atoms with E-state index in [1.807, 2.05) is 0 Å². The fourth-order valence-electron chi connectivity index (χ4n) is 0. The van der Waals surface area contributed by atoms with Crippen molar-refractivity contribution in [3.05, 3.63) is 0 Å². The molecule has 0 spiro atoms. The molecule has 0 fully saturated rings. The summed E-state index contributed by atoms with van der Waals surface area (Å²) >= 11 is 0. The molecule has 0 saturated carbocycles. The summed E-state index contributed by atoms with van der Waals surface area (Å²) in [5.41, 5.74) is 0. The molecule has 0 aliphatic heterocycles. The molecule has 10 heavy (non-hydrogen) atoms. The molecule has 62 valence electrons. The van der Waals surface area contributed by atoms with Crippen molar-refractivity contribution in [2.75, 3.05) is 7.11 Å². The molecule has 0 aliphatic rings. The van der Waals surface area contributed by atoms with Gasteiger partial charge in [-0.3, -0.25) is 9.59 Å². The highest BCUT2D eigenvalue weighted by molar-refractivity contribution is 5.63. The first-order valence-electron chi connectivity index (χ1n) is 2.30. The predicted octanol–water partition coefficient (Wildman–Crippen LogP) is -0.210. The topological polar surface area (TPSA) is 94.8 Å². The van der Waals surface area contributed by atoms with Gasteiger partial charge in [0.25, 0.3) is 11.9 Å². The van der Waals surface area contributed by atoms with Crippen molar-refractivity contribution in [3.63, 3.8) is 0 Å². The molecule has 5 nitrogen and oxygen atoms in total. The van der Waals surface area contributed by atoms with Gasteiger partial charge in [-0.25, -0.2) is 0 Å². The number of carboxylic acids is 2. The van der Waals surface area contributed by atoms with Crippen LogP contribution < -0.4 is 0 Å². The van der Waals surface area contributed by atoms with Crippen molar-refractivity contribution in [1.82, 2.24) is 0 Å². The van der Waals surface area contributed by atoms with Gasteiger partial charge in [-0.05, 0) is 0 Å². The van der Waals surface area contributed by atoms with Crippen LogP contribution in [-0.2, 0) is 9.59 Å². The molecular weight excluding hydrogens is 140 g/mol. The van der Waals surface area contributed by atoms with E-state index in [2.05, 4.69) is 0 Å². The highest BCUT2D eigenvalue weighted by Gasteiger charge is 1.65. The third-order valence-electron chi connectivity index (χ3n) is 0. The monoisotopic (exact) mass is 152 g/mol. The average molecular weight is 152 g/mol. The van der Waals surface area contributed by atoms with Gasteiger partial charge >= 0.3 is 0 Å². The van der Waals surface area contributed by atoms with Gasteiger partial charge in [0.1, 0.15) is 0 Å². The first-order valence-corrected chi connectivity index (χ1v) is 2.30. The van der Waals surface area contributed by atoms with E-state index in [1.54, 1.807) is 0 Å². The SMILES string of the molecule is CC(=O)O.CC(=O)O.CO. The Labute approximate surface area is 58.9 Å². The summed E-state index contributed by atoms with van der Waals surface area (Å²) in [6.45, 7) is 2.17. The van der Waals surface area contributed by atoms with Crippen LogP contribution in [0.2, 0.25) is 0 Å².